The molecule has 1 saturated heterocycles. The van der Waals surface area contributed by atoms with Crippen LogP contribution in [0.1, 0.15) is 62.0 Å². The summed E-state index contributed by atoms with van der Waals surface area (Å²) in [7, 11) is -3.34. The van der Waals surface area contributed by atoms with Crippen LogP contribution in [0.3, 0.4) is 0 Å². The molecule has 0 spiro atoms. The topological polar surface area (TPSA) is 97.8 Å². The summed E-state index contributed by atoms with van der Waals surface area (Å²) in [6.07, 6.45) is 7.76. The lowest BCUT2D eigenvalue weighted by molar-refractivity contribution is -0.136. The lowest BCUT2D eigenvalue weighted by atomic mass is 9.81. The Morgan fingerprint density at radius 2 is 1.90 bits per heavy atom. The Balaban J connectivity index is 1.40. The second-order valence-electron chi connectivity index (χ2n) is 9.35. The first-order valence-electron chi connectivity index (χ1n) is 11.4. The fraction of sp³-hybridized carbons (Fsp3) is 0.727. The molecule has 1 aromatic heterocycles. The van der Waals surface area contributed by atoms with Crippen molar-refractivity contribution in [3.8, 4) is 5.88 Å². The minimum atomic E-state index is -3.34. The first kappa shape index (κ1) is 21.2. The molecular weight excluding hydrogens is 418 g/mol. The molecular formula is C22H31N3O5S. The number of carbonyl (C=O) groups is 1. The molecule has 4 heterocycles. The zero-order chi connectivity index (χ0) is 21.6. The van der Waals surface area contributed by atoms with Crippen LogP contribution in [0.25, 0.3) is 0 Å². The molecule has 8 nitrogen and oxygen atoms in total. The molecule has 9 heteroatoms. The summed E-state index contributed by atoms with van der Waals surface area (Å²) in [5.41, 5.74) is 2.26. The lowest BCUT2D eigenvalue weighted by Crippen LogP contribution is -2.51. The third kappa shape index (κ3) is 4.32. The predicted octanol–water partition coefficient (Wildman–Crippen LogP) is 1.88. The van der Waals surface area contributed by atoms with Crippen molar-refractivity contribution in [2.75, 3.05) is 19.8 Å². The van der Waals surface area contributed by atoms with Gasteiger partial charge in [0.05, 0.1) is 24.0 Å². The third-order valence-corrected chi connectivity index (χ3v) is 9.21. The number of rotatable bonds is 3. The van der Waals surface area contributed by atoms with Crippen molar-refractivity contribution in [2.24, 2.45) is 0 Å². The molecule has 1 amide bonds. The number of nitrogens with zero attached hydrogens (tertiary/aromatic N) is 2. The number of fused-ring (bicyclic) bond motifs is 5. The van der Waals surface area contributed by atoms with E-state index < -0.39 is 10.0 Å². The summed E-state index contributed by atoms with van der Waals surface area (Å²) in [4.78, 5) is 19.2. The molecule has 6 rings (SSSR count). The predicted molar refractivity (Wildman–Crippen MR) is 114 cm³/mol. The smallest absolute Gasteiger partial charge is 0.260 e. The van der Waals surface area contributed by atoms with E-state index >= 15 is 0 Å². The van der Waals surface area contributed by atoms with E-state index in [-0.39, 0.29) is 36.0 Å². The SMILES string of the molecule is Cc1ccnc2c1[C@H]1CC[C@H](CC1)OC[C@H]1[C@@H](NS(=O)(=O)C3CC3)CCN1C(=O)CO2. The first-order chi connectivity index (χ1) is 14.9. The largest absolute Gasteiger partial charge is 0.467 e. The zero-order valence-corrected chi connectivity index (χ0v) is 18.8. The van der Waals surface area contributed by atoms with Crippen molar-refractivity contribution < 1.29 is 22.7 Å². The quantitative estimate of drug-likeness (QED) is 0.757. The van der Waals surface area contributed by atoms with E-state index in [9.17, 15) is 13.2 Å². The van der Waals surface area contributed by atoms with Gasteiger partial charge in [-0.15, -0.1) is 0 Å². The molecule has 2 bridgehead atoms. The molecule has 0 aromatic carbocycles. The number of amides is 1. The molecule has 2 aliphatic carbocycles. The van der Waals surface area contributed by atoms with Gasteiger partial charge in [0, 0.05) is 24.3 Å². The van der Waals surface area contributed by atoms with Crippen molar-refractivity contribution in [2.45, 2.75) is 81.2 Å². The lowest BCUT2D eigenvalue weighted by Gasteiger charge is -2.32. The fourth-order valence-electron chi connectivity index (χ4n) is 5.31. The van der Waals surface area contributed by atoms with E-state index in [1.54, 1.807) is 11.1 Å². The van der Waals surface area contributed by atoms with E-state index in [0.717, 1.165) is 49.7 Å². The van der Waals surface area contributed by atoms with Crippen LogP contribution in [0.4, 0.5) is 0 Å². The van der Waals surface area contributed by atoms with Crippen LogP contribution in [-0.2, 0) is 19.6 Å². The fourth-order valence-corrected chi connectivity index (χ4v) is 6.96. The summed E-state index contributed by atoms with van der Waals surface area (Å²) < 4.78 is 40.2. The van der Waals surface area contributed by atoms with Gasteiger partial charge in [0.15, 0.2) is 6.61 Å². The van der Waals surface area contributed by atoms with Crippen LogP contribution in [0.5, 0.6) is 5.88 Å². The molecule has 0 unspecified atom stereocenters. The van der Waals surface area contributed by atoms with Gasteiger partial charge in [-0.3, -0.25) is 4.79 Å². The van der Waals surface area contributed by atoms with Crippen LogP contribution in [0, 0.1) is 6.92 Å². The maximum atomic E-state index is 13.1. The Kier molecular flexibility index (Phi) is 5.68. The molecule has 170 valence electrons. The van der Waals surface area contributed by atoms with Crippen molar-refractivity contribution >= 4 is 15.9 Å². The van der Waals surface area contributed by atoms with Gasteiger partial charge in [-0.1, -0.05) is 0 Å². The van der Waals surface area contributed by atoms with E-state index in [4.69, 9.17) is 9.47 Å². The second-order valence-corrected chi connectivity index (χ2v) is 11.3. The van der Waals surface area contributed by atoms with Gasteiger partial charge < -0.3 is 14.4 Å². The number of carbonyl (C=O) groups excluding carboxylic acids is 1. The molecule has 2 saturated carbocycles. The minimum absolute atomic E-state index is 0.0990. The molecule has 2 atom stereocenters. The highest BCUT2D eigenvalue weighted by molar-refractivity contribution is 7.90. The van der Waals surface area contributed by atoms with Gasteiger partial charge >= 0.3 is 0 Å². The number of hydrogen-bond donors (Lipinski definition) is 1. The Hall–Kier alpha value is -1.71. The van der Waals surface area contributed by atoms with E-state index in [2.05, 4.69) is 16.6 Å². The highest BCUT2D eigenvalue weighted by Crippen LogP contribution is 2.40. The number of pyridine rings is 1. The van der Waals surface area contributed by atoms with Gasteiger partial charge in [0.1, 0.15) is 0 Å². The molecule has 31 heavy (non-hydrogen) atoms. The second kappa shape index (κ2) is 8.33. The molecule has 5 aliphatic rings. The Morgan fingerprint density at radius 1 is 1.13 bits per heavy atom. The van der Waals surface area contributed by atoms with Crippen molar-refractivity contribution in [3.05, 3.63) is 23.4 Å². The van der Waals surface area contributed by atoms with Crippen LogP contribution in [0.15, 0.2) is 12.3 Å². The Bertz CT molecular complexity index is 940. The van der Waals surface area contributed by atoms with E-state index in [1.807, 2.05) is 6.07 Å². The highest BCUT2D eigenvalue weighted by atomic mass is 32.2. The molecule has 0 radical (unpaired) electrons. The Morgan fingerprint density at radius 3 is 2.65 bits per heavy atom. The molecule has 1 N–H and O–H groups in total. The van der Waals surface area contributed by atoms with Gasteiger partial charge in [-0.25, -0.2) is 18.1 Å². The van der Waals surface area contributed by atoms with Gasteiger partial charge in [-0.2, -0.15) is 0 Å². The number of nitrogens with one attached hydrogen (secondary N) is 1. The number of sulfonamides is 1. The molecule has 3 aliphatic heterocycles. The van der Waals surface area contributed by atoms with Gasteiger partial charge in [-0.05, 0) is 69.4 Å². The van der Waals surface area contributed by atoms with Gasteiger partial charge in [0.2, 0.25) is 15.9 Å². The monoisotopic (exact) mass is 449 g/mol. The van der Waals surface area contributed by atoms with Crippen LogP contribution >= 0.6 is 0 Å². The summed E-state index contributed by atoms with van der Waals surface area (Å²) in [5.74, 6) is 0.763. The number of hydrogen-bond acceptors (Lipinski definition) is 6. The standard InChI is InChI=1S/C22H31N3O5S/c1-14-8-10-23-22-21(14)15-2-4-16(5-3-15)29-12-19-18(24-31(27,28)17-6-7-17)9-11-25(19)20(26)13-30-22/h8,10,15-19,24H,2-7,9,11-13H2,1H3/t15-,16+,18-,19-/m0/s1. The van der Waals surface area contributed by atoms with Crippen molar-refractivity contribution in [1.29, 1.82) is 0 Å². The van der Waals surface area contributed by atoms with E-state index in [1.165, 1.54) is 0 Å². The number of aryl methyl sites for hydroxylation is 1. The van der Waals surface area contributed by atoms with Crippen molar-refractivity contribution in [1.82, 2.24) is 14.6 Å². The van der Waals surface area contributed by atoms with Crippen molar-refractivity contribution in [3.63, 3.8) is 0 Å². The molecule has 1 aromatic rings. The van der Waals surface area contributed by atoms with Crippen LogP contribution in [0.2, 0.25) is 0 Å². The summed E-state index contributed by atoms with van der Waals surface area (Å²) in [6.45, 7) is 2.82. The maximum Gasteiger partial charge on any atom is 0.260 e. The average Bonchev–Trinajstić information content (AvgIpc) is 3.54. The first-order valence-corrected chi connectivity index (χ1v) is 13.0. The normalized spacial score (nSPS) is 31.8. The average molecular weight is 450 g/mol. The summed E-state index contributed by atoms with van der Waals surface area (Å²) >= 11 is 0. The Labute approximate surface area is 183 Å². The van der Waals surface area contributed by atoms with Crippen LogP contribution < -0.4 is 9.46 Å². The summed E-state index contributed by atoms with van der Waals surface area (Å²) in [5, 5.41) is -0.280. The third-order valence-electron chi connectivity index (χ3n) is 7.23. The van der Waals surface area contributed by atoms with Crippen LogP contribution in [-0.4, -0.2) is 67.4 Å². The van der Waals surface area contributed by atoms with Gasteiger partial charge in [0.25, 0.3) is 5.91 Å². The zero-order valence-electron chi connectivity index (χ0n) is 18.0. The number of ether oxygens (including phenoxy) is 2. The maximum absolute atomic E-state index is 13.1. The summed E-state index contributed by atoms with van der Waals surface area (Å²) in [6, 6.07) is 1.37. The number of aromatic nitrogens is 1. The highest BCUT2D eigenvalue weighted by Gasteiger charge is 2.44. The minimum Gasteiger partial charge on any atom is -0.467 e. The molecule has 3 fully saturated rings. The van der Waals surface area contributed by atoms with E-state index in [0.29, 0.717) is 31.4 Å².